The lowest BCUT2D eigenvalue weighted by molar-refractivity contribution is 0.0922. The van der Waals surface area contributed by atoms with Gasteiger partial charge < -0.3 is 10.6 Å². The number of hydrogen-bond acceptors (Lipinski definition) is 3. The van der Waals surface area contributed by atoms with Gasteiger partial charge in [-0.3, -0.25) is 14.6 Å². The molecule has 2 atom stereocenters. The molecule has 1 heterocycles. The summed E-state index contributed by atoms with van der Waals surface area (Å²) in [6.45, 7) is 7.89. The summed E-state index contributed by atoms with van der Waals surface area (Å²) >= 11 is 0. The van der Waals surface area contributed by atoms with E-state index in [0.717, 1.165) is 12.8 Å². The summed E-state index contributed by atoms with van der Waals surface area (Å²) < 4.78 is 0. The highest BCUT2D eigenvalue weighted by Gasteiger charge is 2.12. The molecule has 0 fully saturated rings. The van der Waals surface area contributed by atoms with Gasteiger partial charge in [0.2, 0.25) is 0 Å². The van der Waals surface area contributed by atoms with Crippen LogP contribution in [0.1, 0.15) is 61.4 Å². The highest BCUT2D eigenvalue weighted by atomic mass is 16.2. The Kier molecular flexibility index (Phi) is 6.15. The fourth-order valence-electron chi connectivity index (χ4n) is 1.47. The van der Waals surface area contributed by atoms with Crippen LogP contribution in [0.15, 0.2) is 18.3 Å². The van der Waals surface area contributed by atoms with E-state index in [-0.39, 0.29) is 23.9 Å². The smallest absolute Gasteiger partial charge is 0.270 e. The summed E-state index contributed by atoms with van der Waals surface area (Å²) in [6.07, 6.45) is 3.17. The van der Waals surface area contributed by atoms with Gasteiger partial charge in [0, 0.05) is 18.3 Å². The molecule has 0 saturated heterocycles. The Bertz CT molecular complexity index is 414. The molecule has 0 bridgehead atoms. The normalized spacial score (nSPS) is 13.4. The Hall–Kier alpha value is -1.91. The first-order valence-electron chi connectivity index (χ1n) is 7.05. The molecular weight excluding hydrogens is 254 g/mol. The second-order valence-electron chi connectivity index (χ2n) is 5.00. The highest BCUT2D eigenvalue weighted by molar-refractivity contribution is 5.96. The Morgan fingerprint density at radius 1 is 1.05 bits per heavy atom. The molecule has 110 valence electrons. The molecule has 0 aliphatic carbocycles. The molecule has 5 heteroatoms. The molecular formula is C15H23N3O2. The Morgan fingerprint density at radius 2 is 1.60 bits per heavy atom. The molecule has 1 aromatic heterocycles. The van der Waals surface area contributed by atoms with Gasteiger partial charge in [-0.1, -0.05) is 13.8 Å². The van der Waals surface area contributed by atoms with Crippen LogP contribution < -0.4 is 10.6 Å². The van der Waals surface area contributed by atoms with Gasteiger partial charge in [0.15, 0.2) is 0 Å². The van der Waals surface area contributed by atoms with Crippen molar-refractivity contribution < 1.29 is 9.59 Å². The molecule has 2 N–H and O–H groups in total. The quantitative estimate of drug-likeness (QED) is 0.837. The fraction of sp³-hybridized carbons (Fsp3) is 0.533. The summed E-state index contributed by atoms with van der Waals surface area (Å²) in [4.78, 5) is 27.8. The molecule has 1 rings (SSSR count). The maximum atomic E-state index is 11.9. The maximum absolute atomic E-state index is 11.9. The zero-order valence-electron chi connectivity index (χ0n) is 12.6. The second kappa shape index (κ2) is 7.62. The minimum Gasteiger partial charge on any atom is -0.350 e. The van der Waals surface area contributed by atoms with Crippen LogP contribution in [0.5, 0.6) is 0 Å². The molecule has 2 amide bonds. The first kappa shape index (κ1) is 16.1. The predicted octanol–water partition coefficient (Wildman–Crippen LogP) is 2.14. The van der Waals surface area contributed by atoms with Gasteiger partial charge in [0.25, 0.3) is 11.8 Å². The number of pyridine rings is 1. The van der Waals surface area contributed by atoms with Crippen LogP contribution >= 0.6 is 0 Å². The van der Waals surface area contributed by atoms with Crippen molar-refractivity contribution in [3.05, 3.63) is 29.6 Å². The average molecular weight is 277 g/mol. The van der Waals surface area contributed by atoms with Gasteiger partial charge in [0.1, 0.15) is 5.69 Å². The number of aromatic nitrogens is 1. The van der Waals surface area contributed by atoms with Crippen molar-refractivity contribution in [3.8, 4) is 0 Å². The van der Waals surface area contributed by atoms with E-state index in [1.54, 1.807) is 12.1 Å². The van der Waals surface area contributed by atoms with Gasteiger partial charge in [-0.2, -0.15) is 0 Å². The van der Waals surface area contributed by atoms with Crippen molar-refractivity contribution in [3.63, 3.8) is 0 Å². The molecule has 2 unspecified atom stereocenters. The molecule has 0 saturated carbocycles. The van der Waals surface area contributed by atoms with E-state index in [1.165, 1.54) is 6.20 Å². The summed E-state index contributed by atoms with van der Waals surface area (Å²) in [5, 5.41) is 5.69. The van der Waals surface area contributed by atoms with Crippen molar-refractivity contribution in [2.75, 3.05) is 0 Å². The zero-order chi connectivity index (χ0) is 15.1. The Morgan fingerprint density at radius 3 is 2.05 bits per heavy atom. The topological polar surface area (TPSA) is 71.1 Å². The Balaban J connectivity index is 2.68. The molecule has 0 spiro atoms. The van der Waals surface area contributed by atoms with E-state index < -0.39 is 0 Å². The van der Waals surface area contributed by atoms with Gasteiger partial charge in [-0.25, -0.2) is 0 Å². The fourth-order valence-corrected chi connectivity index (χ4v) is 1.47. The monoisotopic (exact) mass is 277 g/mol. The minimum atomic E-state index is -0.215. The summed E-state index contributed by atoms with van der Waals surface area (Å²) in [5.41, 5.74) is 0.788. The number of carbonyl (C=O) groups excluding carboxylic acids is 2. The lowest BCUT2D eigenvalue weighted by Gasteiger charge is -2.12. The number of nitrogens with zero attached hydrogens (tertiary/aromatic N) is 1. The third-order valence-electron chi connectivity index (χ3n) is 3.24. The van der Waals surface area contributed by atoms with E-state index in [9.17, 15) is 9.59 Å². The van der Waals surface area contributed by atoms with Gasteiger partial charge in [0.05, 0.1) is 5.56 Å². The standard InChI is InChI=1S/C15H23N3O2/c1-5-10(3)17-14(19)12-7-8-13(16-9-12)15(20)18-11(4)6-2/h7-11H,5-6H2,1-4H3,(H,17,19)(H,18,20). The van der Waals surface area contributed by atoms with Crippen LogP contribution in [0.3, 0.4) is 0 Å². The third-order valence-corrected chi connectivity index (χ3v) is 3.24. The van der Waals surface area contributed by atoms with E-state index in [0.29, 0.717) is 11.3 Å². The summed E-state index contributed by atoms with van der Waals surface area (Å²) in [6, 6.07) is 3.42. The summed E-state index contributed by atoms with van der Waals surface area (Å²) in [7, 11) is 0. The SMILES string of the molecule is CCC(C)NC(=O)c1ccc(C(=O)NC(C)CC)nc1. The van der Waals surface area contributed by atoms with Gasteiger partial charge in [-0.15, -0.1) is 0 Å². The van der Waals surface area contributed by atoms with Crippen LogP contribution in [-0.4, -0.2) is 28.9 Å². The van der Waals surface area contributed by atoms with Crippen LogP contribution in [0.4, 0.5) is 0 Å². The van der Waals surface area contributed by atoms with Crippen molar-refractivity contribution >= 4 is 11.8 Å². The van der Waals surface area contributed by atoms with Crippen LogP contribution in [0.2, 0.25) is 0 Å². The maximum Gasteiger partial charge on any atom is 0.270 e. The molecule has 20 heavy (non-hydrogen) atoms. The van der Waals surface area contributed by atoms with E-state index in [1.807, 2.05) is 27.7 Å². The van der Waals surface area contributed by atoms with Crippen molar-refractivity contribution in [1.82, 2.24) is 15.6 Å². The van der Waals surface area contributed by atoms with E-state index >= 15 is 0 Å². The largest absolute Gasteiger partial charge is 0.350 e. The molecule has 0 aromatic carbocycles. The molecule has 0 aliphatic rings. The number of amides is 2. The second-order valence-corrected chi connectivity index (χ2v) is 5.00. The summed E-state index contributed by atoms with van der Waals surface area (Å²) in [5.74, 6) is -0.381. The lowest BCUT2D eigenvalue weighted by atomic mass is 10.2. The van der Waals surface area contributed by atoms with E-state index in [2.05, 4.69) is 15.6 Å². The number of rotatable bonds is 6. The number of hydrogen-bond donors (Lipinski definition) is 2. The lowest BCUT2D eigenvalue weighted by Crippen LogP contribution is -2.33. The predicted molar refractivity (Wildman–Crippen MR) is 78.7 cm³/mol. The molecule has 0 aliphatic heterocycles. The first-order valence-corrected chi connectivity index (χ1v) is 7.05. The van der Waals surface area contributed by atoms with Crippen LogP contribution in [-0.2, 0) is 0 Å². The number of carbonyl (C=O) groups is 2. The molecule has 5 nitrogen and oxygen atoms in total. The first-order chi connectivity index (χ1) is 9.47. The van der Waals surface area contributed by atoms with Crippen molar-refractivity contribution in [2.45, 2.75) is 52.6 Å². The average Bonchev–Trinajstić information content (AvgIpc) is 2.46. The zero-order valence-corrected chi connectivity index (χ0v) is 12.6. The van der Waals surface area contributed by atoms with Crippen LogP contribution in [0.25, 0.3) is 0 Å². The van der Waals surface area contributed by atoms with Gasteiger partial charge >= 0.3 is 0 Å². The van der Waals surface area contributed by atoms with Crippen molar-refractivity contribution in [2.24, 2.45) is 0 Å². The van der Waals surface area contributed by atoms with Crippen LogP contribution in [0, 0.1) is 0 Å². The van der Waals surface area contributed by atoms with E-state index in [4.69, 9.17) is 0 Å². The highest BCUT2D eigenvalue weighted by Crippen LogP contribution is 2.03. The van der Waals surface area contributed by atoms with Crippen molar-refractivity contribution in [1.29, 1.82) is 0 Å². The number of nitrogens with one attached hydrogen (secondary N) is 2. The van der Waals surface area contributed by atoms with Gasteiger partial charge in [-0.05, 0) is 38.8 Å². The third kappa shape index (κ3) is 4.64. The minimum absolute atomic E-state index is 0.109. The Labute approximate surface area is 120 Å². The molecule has 1 aromatic rings. The molecule has 0 radical (unpaired) electrons.